The fourth-order valence-corrected chi connectivity index (χ4v) is 3.14. The standard InChI is InChI=1S/C21H15Cl2N3O2S/c22-16-10-11-17(18(23)12-16)20(28)25-26-21(29)24-19(27)15-8-6-14(7-9-15)13-4-2-1-3-5-13/h1-12H,(H,25,28)(H2,24,26,27,29). The van der Waals surface area contributed by atoms with Gasteiger partial charge in [0, 0.05) is 10.6 Å². The van der Waals surface area contributed by atoms with Crippen LogP contribution in [0.5, 0.6) is 0 Å². The SMILES string of the molecule is O=C(NC(=S)NNC(=O)c1ccc(Cl)cc1Cl)c1ccc(-c2ccccc2)cc1. The molecule has 5 nitrogen and oxygen atoms in total. The molecule has 0 heterocycles. The molecule has 0 spiro atoms. The molecule has 0 atom stereocenters. The molecule has 0 saturated carbocycles. The normalized spacial score (nSPS) is 10.1. The van der Waals surface area contributed by atoms with Gasteiger partial charge in [0.15, 0.2) is 5.11 Å². The van der Waals surface area contributed by atoms with E-state index in [1.54, 1.807) is 18.2 Å². The molecule has 0 fully saturated rings. The van der Waals surface area contributed by atoms with Gasteiger partial charge in [-0.3, -0.25) is 25.8 Å². The third kappa shape index (κ3) is 5.54. The first-order chi connectivity index (χ1) is 13.9. The molecule has 0 unspecified atom stereocenters. The molecule has 0 aliphatic heterocycles. The Balaban J connectivity index is 1.55. The Morgan fingerprint density at radius 2 is 1.41 bits per heavy atom. The van der Waals surface area contributed by atoms with Gasteiger partial charge in [0.25, 0.3) is 11.8 Å². The van der Waals surface area contributed by atoms with Gasteiger partial charge in [0.1, 0.15) is 0 Å². The molecule has 3 aromatic rings. The predicted molar refractivity (Wildman–Crippen MR) is 119 cm³/mol. The summed E-state index contributed by atoms with van der Waals surface area (Å²) in [6.45, 7) is 0. The molecule has 146 valence electrons. The Bertz CT molecular complexity index is 1060. The molecule has 3 N–H and O–H groups in total. The molecule has 8 heteroatoms. The van der Waals surface area contributed by atoms with Crippen molar-refractivity contribution in [1.29, 1.82) is 0 Å². The lowest BCUT2D eigenvalue weighted by Gasteiger charge is -2.12. The highest BCUT2D eigenvalue weighted by atomic mass is 35.5. The summed E-state index contributed by atoms with van der Waals surface area (Å²) in [4.78, 5) is 24.5. The maximum atomic E-state index is 12.3. The molecule has 0 aromatic heterocycles. The molecule has 2 amide bonds. The number of benzene rings is 3. The van der Waals surface area contributed by atoms with Crippen molar-refractivity contribution in [3.05, 3.63) is 94.0 Å². The largest absolute Gasteiger partial charge is 0.298 e. The number of hydrogen-bond donors (Lipinski definition) is 3. The molecule has 29 heavy (non-hydrogen) atoms. The van der Waals surface area contributed by atoms with Gasteiger partial charge in [0.2, 0.25) is 0 Å². The molecule has 3 aromatic carbocycles. The van der Waals surface area contributed by atoms with Gasteiger partial charge >= 0.3 is 0 Å². The van der Waals surface area contributed by atoms with Crippen LogP contribution in [-0.4, -0.2) is 16.9 Å². The van der Waals surface area contributed by atoms with Crippen LogP contribution in [0, 0.1) is 0 Å². The van der Waals surface area contributed by atoms with Gasteiger partial charge in [-0.05, 0) is 53.7 Å². The van der Waals surface area contributed by atoms with Crippen molar-refractivity contribution in [1.82, 2.24) is 16.2 Å². The summed E-state index contributed by atoms with van der Waals surface area (Å²) in [7, 11) is 0. The summed E-state index contributed by atoms with van der Waals surface area (Å²) in [5.41, 5.74) is 7.54. The lowest BCUT2D eigenvalue weighted by atomic mass is 10.0. The van der Waals surface area contributed by atoms with Crippen molar-refractivity contribution in [3.63, 3.8) is 0 Å². The number of thiocarbonyl (C=S) groups is 1. The molecule has 0 saturated heterocycles. The number of hydrazine groups is 1. The Morgan fingerprint density at radius 1 is 0.759 bits per heavy atom. The van der Waals surface area contributed by atoms with E-state index in [9.17, 15) is 9.59 Å². The summed E-state index contributed by atoms with van der Waals surface area (Å²) >= 11 is 16.8. The zero-order valence-electron chi connectivity index (χ0n) is 14.9. The monoisotopic (exact) mass is 443 g/mol. The van der Waals surface area contributed by atoms with Crippen molar-refractivity contribution in [2.45, 2.75) is 0 Å². The van der Waals surface area contributed by atoms with Crippen LogP contribution in [0.3, 0.4) is 0 Å². The third-order valence-electron chi connectivity index (χ3n) is 3.95. The van der Waals surface area contributed by atoms with Crippen molar-refractivity contribution >= 4 is 52.3 Å². The lowest BCUT2D eigenvalue weighted by molar-refractivity contribution is 0.0934. The number of halogens is 2. The van der Waals surface area contributed by atoms with Crippen LogP contribution in [0.2, 0.25) is 10.0 Å². The highest BCUT2D eigenvalue weighted by Gasteiger charge is 2.12. The Morgan fingerprint density at radius 3 is 2.07 bits per heavy atom. The lowest BCUT2D eigenvalue weighted by Crippen LogP contribution is -2.48. The second-order valence-corrected chi connectivity index (χ2v) is 7.18. The molecular weight excluding hydrogens is 429 g/mol. The molecule has 0 bridgehead atoms. The number of rotatable bonds is 3. The minimum Gasteiger partial charge on any atom is -0.298 e. The summed E-state index contributed by atoms with van der Waals surface area (Å²) < 4.78 is 0. The molecule has 0 aliphatic carbocycles. The maximum absolute atomic E-state index is 12.3. The maximum Gasteiger partial charge on any atom is 0.271 e. The fourth-order valence-electron chi connectivity index (χ4n) is 2.51. The third-order valence-corrected chi connectivity index (χ3v) is 4.70. The number of amides is 2. The van der Waals surface area contributed by atoms with Gasteiger partial charge in [-0.1, -0.05) is 65.7 Å². The first-order valence-corrected chi connectivity index (χ1v) is 9.62. The van der Waals surface area contributed by atoms with Crippen LogP contribution in [0.1, 0.15) is 20.7 Å². The minimum absolute atomic E-state index is 0.0550. The van der Waals surface area contributed by atoms with E-state index >= 15 is 0 Å². The quantitative estimate of drug-likeness (QED) is 0.408. The molecule has 0 radical (unpaired) electrons. The molecule has 3 rings (SSSR count). The van der Waals surface area contributed by atoms with Crippen LogP contribution < -0.4 is 16.2 Å². The van der Waals surface area contributed by atoms with Crippen LogP contribution in [0.4, 0.5) is 0 Å². The van der Waals surface area contributed by atoms with Crippen molar-refractivity contribution in [3.8, 4) is 11.1 Å². The van der Waals surface area contributed by atoms with Crippen molar-refractivity contribution in [2.24, 2.45) is 0 Å². The molecular formula is C21H15Cl2N3O2S. The van der Waals surface area contributed by atoms with E-state index in [1.807, 2.05) is 42.5 Å². The van der Waals surface area contributed by atoms with Gasteiger partial charge < -0.3 is 0 Å². The highest BCUT2D eigenvalue weighted by Crippen LogP contribution is 2.21. The van der Waals surface area contributed by atoms with E-state index in [0.717, 1.165) is 11.1 Å². The number of nitrogens with one attached hydrogen (secondary N) is 3. The summed E-state index contributed by atoms with van der Waals surface area (Å²) in [6.07, 6.45) is 0. The topological polar surface area (TPSA) is 70.2 Å². The highest BCUT2D eigenvalue weighted by molar-refractivity contribution is 7.80. The van der Waals surface area contributed by atoms with E-state index in [0.29, 0.717) is 10.6 Å². The van der Waals surface area contributed by atoms with E-state index in [4.69, 9.17) is 35.4 Å². The molecule has 0 aliphatic rings. The second kappa shape index (κ2) is 9.52. The van der Waals surface area contributed by atoms with Crippen LogP contribution in [-0.2, 0) is 0 Å². The zero-order valence-corrected chi connectivity index (χ0v) is 17.2. The Hall–Kier alpha value is -2.93. The summed E-state index contributed by atoms with van der Waals surface area (Å²) in [5, 5.41) is 3.06. The van der Waals surface area contributed by atoms with E-state index in [-0.39, 0.29) is 15.7 Å². The Kier molecular flexibility index (Phi) is 6.82. The van der Waals surface area contributed by atoms with Gasteiger partial charge in [-0.15, -0.1) is 0 Å². The average molecular weight is 444 g/mol. The zero-order chi connectivity index (χ0) is 20.8. The number of carbonyl (C=O) groups is 2. The fraction of sp³-hybridized carbons (Fsp3) is 0. The van der Waals surface area contributed by atoms with Gasteiger partial charge in [-0.2, -0.15) is 0 Å². The predicted octanol–water partition coefficient (Wildman–Crippen LogP) is 4.61. The van der Waals surface area contributed by atoms with E-state index < -0.39 is 11.8 Å². The van der Waals surface area contributed by atoms with Gasteiger partial charge in [0.05, 0.1) is 10.6 Å². The van der Waals surface area contributed by atoms with Crippen LogP contribution in [0.15, 0.2) is 72.8 Å². The van der Waals surface area contributed by atoms with E-state index in [1.165, 1.54) is 12.1 Å². The number of carbonyl (C=O) groups excluding carboxylic acids is 2. The summed E-state index contributed by atoms with van der Waals surface area (Å²) in [6, 6.07) is 21.4. The second-order valence-electron chi connectivity index (χ2n) is 5.93. The Labute approximate surface area is 183 Å². The first-order valence-electron chi connectivity index (χ1n) is 8.46. The van der Waals surface area contributed by atoms with Crippen molar-refractivity contribution in [2.75, 3.05) is 0 Å². The van der Waals surface area contributed by atoms with Crippen molar-refractivity contribution < 1.29 is 9.59 Å². The first kappa shape index (κ1) is 20.8. The van der Waals surface area contributed by atoms with Crippen LogP contribution >= 0.6 is 35.4 Å². The average Bonchev–Trinajstić information content (AvgIpc) is 2.73. The summed E-state index contributed by atoms with van der Waals surface area (Å²) in [5.74, 6) is -0.920. The van der Waals surface area contributed by atoms with Gasteiger partial charge in [-0.25, -0.2) is 0 Å². The number of hydrogen-bond acceptors (Lipinski definition) is 3. The van der Waals surface area contributed by atoms with Crippen LogP contribution in [0.25, 0.3) is 11.1 Å². The smallest absolute Gasteiger partial charge is 0.271 e. The van der Waals surface area contributed by atoms with E-state index in [2.05, 4.69) is 16.2 Å². The minimum atomic E-state index is -0.518.